The normalized spacial score (nSPS) is 40.8. The van der Waals surface area contributed by atoms with E-state index in [4.69, 9.17) is 0 Å². The summed E-state index contributed by atoms with van der Waals surface area (Å²) in [7, 11) is 0. The van der Waals surface area contributed by atoms with E-state index in [9.17, 15) is 10.1 Å². The van der Waals surface area contributed by atoms with Crippen molar-refractivity contribution < 1.29 is 13.7 Å². The van der Waals surface area contributed by atoms with Gasteiger partial charge in [0.2, 0.25) is 6.54 Å². The summed E-state index contributed by atoms with van der Waals surface area (Å²) < 4.78 is 31.7. The zero-order valence-corrected chi connectivity index (χ0v) is 26.2. The van der Waals surface area contributed by atoms with Gasteiger partial charge in [0, 0.05) is 35.9 Å². The van der Waals surface area contributed by atoms with Gasteiger partial charge >= 0.3 is 0 Å². The first-order valence-electron chi connectivity index (χ1n) is 18.0. The van der Waals surface area contributed by atoms with Gasteiger partial charge in [-0.15, -0.1) is 0 Å². The fourth-order valence-electron chi connectivity index (χ4n) is 10.3. The Bertz CT molecular complexity index is 810. The Morgan fingerprint density at radius 2 is 1.61 bits per heavy atom. The molecule has 0 spiro atoms. The number of hydrogen-bond acceptors (Lipinski definition) is 3. The van der Waals surface area contributed by atoms with E-state index in [-0.39, 0.29) is 29.3 Å². The van der Waals surface area contributed by atoms with Crippen molar-refractivity contribution >= 4 is 0 Å². The van der Waals surface area contributed by atoms with Crippen LogP contribution in [0.15, 0.2) is 0 Å². The summed E-state index contributed by atoms with van der Waals surface area (Å²) in [6.45, 7) is 5.66. The van der Waals surface area contributed by atoms with Crippen LogP contribution in [0.4, 0.5) is 8.78 Å². The summed E-state index contributed by atoms with van der Waals surface area (Å²) in [4.78, 5) is 13.5. The van der Waals surface area contributed by atoms with Crippen molar-refractivity contribution in [1.82, 2.24) is 4.90 Å². The minimum atomic E-state index is -1.01. The Balaban J connectivity index is 1.17. The number of nitrogens with zero attached hydrogens (tertiary/aromatic N) is 2. The third-order valence-electron chi connectivity index (χ3n) is 12.6. The molecule has 1 heterocycles. The van der Waals surface area contributed by atoms with Gasteiger partial charge in [0.05, 0.1) is 0 Å². The van der Waals surface area contributed by atoms with E-state index in [2.05, 4.69) is 18.7 Å². The maximum Gasteiger partial charge on any atom is 0.204 e. The van der Waals surface area contributed by atoms with Crippen molar-refractivity contribution in [2.24, 2.45) is 47.3 Å². The highest BCUT2D eigenvalue weighted by atomic mass is 19.1. The van der Waals surface area contributed by atoms with E-state index >= 15 is 8.78 Å². The molecule has 5 rings (SSSR count). The summed E-state index contributed by atoms with van der Waals surface area (Å²) in [5.74, 6) is 3.55. The summed E-state index contributed by atoms with van der Waals surface area (Å²) in [6.07, 6.45) is 19.6. The molecule has 0 bridgehead atoms. The van der Waals surface area contributed by atoms with Gasteiger partial charge in [-0.2, -0.15) is 0 Å². The number of hydrogen-bond donors (Lipinski definition) is 0. The van der Waals surface area contributed by atoms with Crippen LogP contribution in [-0.4, -0.2) is 47.3 Å². The molecule has 0 N–H and O–H groups in total. The van der Waals surface area contributed by atoms with Crippen molar-refractivity contribution in [2.75, 3.05) is 13.1 Å². The monoisotopic (exact) mass is 578 g/mol. The second-order valence-electron chi connectivity index (χ2n) is 15.5. The number of nitro groups is 1. The van der Waals surface area contributed by atoms with Crippen LogP contribution in [0, 0.1) is 57.5 Å². The first-order chi connectivity index (χ1) is 19.8. The number of unbranched alkanes of at least 4 members (excludes halogenated alkanes) is 2. The molecule has 1 saturated heterocycles. The van der Waals surface area contributed by atoms with Crippen molar-refractivity contribution in [3.05, 3.63) is 10.1 Å². The lowest BCUT2D eigenvalue weighted by Crippen LogP contribution is -2.50. The summed E-state index contributed by atoms with van der Waals surface area (Å²) in [6, 6.07) is 0.459. The second kappa shape index (κ2) is 14.8. The minimum absolute atomic E-state index is 0.0314. The predicted octanol–water partition coefficient (Wildman–Crippen LogP) is 9.43. The molecule has 1 aliphatic heterocycles. The molecule has 9 atom stereocenters. The van der Waals surface area contributed by atoms with Crippen LogP contribution >= 0.6 is 0 Å². The average Bonchev–Trinajstić information content (AvgIpc) is 3.59. The Morgan fingerprint density at radius 1 is 0.854 bits per heavy atom. The van der Waals surface area contributed by atoms with Crippen LogP contribution in [0.25, 0.3) is 0 Å². The number of halogens is 2. The molecular weight excluding hydrogens is 518 g/mol. The average molecular weight is 579 g/mol. The van der Waals surface area contributed by atoms with Crippen LogP contribution in [0.2, 0.25) is 0 Å². The van der Waals surface area contributed by atoms with E-state index in [1.54, 1.807) is 0 Å². The number of rotatable bonds is 14. The Hall–Kier alpha value is -0.780. The van der Waals surface area contributed by atoms with Crippen LogP contribution in [0.3, 0.4) is 0 Å². The number of alkyl halides is 2. The summed E-state index contributed by atoms with van der Waals surface area (Å²) in [5, 5.41) is 11.1. The van der Waals surface area contributed by atoms with Gasteiger partial charge in [0.15, 0.2) is 0 Å². The molecule has 0 aromatic rings. The Kier molecular flexibility index (Phi) is 11.4. The van der Waals surface area contributed by atoms with Crippen molar-refractivity contribution in [1.29, 1.82) is 0 Å². The van der Waals surface area contributed by atoms with Crippen LogP contribution in [0.1, 0.15) is 136 Å². The second-order valence-corrected chi connectivity index (χ2v) is 15.5. The lowest BCUT2D eigenvalue weighted by atomic mass is 9.71. The first-order valence-corrected chi connectivity index (χ1v) is 18.0. The highest BCUT2D eigenvalue weighted by Crippen LogP contribution is 2.55. The van der Waals surface area contributed by atoms with Gasteiger partial charge < -0.3 is 0 Å². The summed E-state index contributed by atoms with van der Waals surface area (Å²) >= 11 is 0. The molecule has 6 heteroatoms. The first kappa shape index (κ1) is 31.6. The number of likely N-dealkylation sites (tertiary alicyclic amines) is 1. The molecule has 4 aliphatic carbocycles. The van der Waals surface area contributed by atoms with Crippen LogP contribution in [-0.2, 0) is 0 Å². The maximum absolute atomic E-state index is 15.9. The van der Waals surface area contributed by atoms with Crippen molar-refractivity contribution in [3.8, 4) is 0 Å². The third-order valence-corrected chi connectivity index (χ3v) is 12.6. The molecule has 5 fully saturated rings. The third kappa shape index (κ3) is 8.24. The highest BCUT2D eigenvalue weighted by Gasteiger charge is 2.55. The quantitative estimate of drug-likeness (QED) is 0.117. The highest BCUT2D eigenvalue weighted by molar-refractivity contribution is 5.05. The predicted molar refractivity (Wildman–Crippen MR) is 163 cm³/mol. The van der Waals surface area contributed by atoms with Gasteiger partial charge in [-0.05, 0) is 92.8 Å². The largest absolute Gasteiger partial charge is 0.297 e. The topological polar surface area (TPSA) is 46.4 Å². The lowest BCUT2D eigenvalue weighted by Gasteiger charge is -2.44. The van der Waals surface area contributed by atoms with E-state index in [1.165, 1.54) is 70.6 Å². The van der Waals surface area contributed by atoms with Gasteiger partial charge in [-0.1, -0.05) is 78.1 Å². The van der Waals surface area contributed by atoms with Gasteiger partial charge in [-0.3, -0.25) is 15.0 Å². The van der Waals surface area contributed by atoms with Crippen molar-refractivity contribution in [3.63, 3.8) is 0 Å². The molecule has 0 aromatic heterocycles. The molecule has 4 nitrogen and oxygen atoms in total. The van der Waals surface area contributed by atoms with E-state index in [0.717, 1.165) is 44.6 Å². The molecule has 0 radical (unpaired) electrons. The zero-order chi connectivity index (χ0) is 28.9. The van der Waals surface area contributed by atoms with Crippen LogP contribution < -0.4 is 0 Å². The molecule has 0 amide bonds. The number of fused-ring (bicyclic) bond motifs is 1. The lowest BCUT2D eigenvalue weighted by molar-refractivity contribution is -0.481. The minimum Gasteiger partial charge on any atom is -0.297 e. The van der Waals surface area contributed by atoms with Gasteiger partial charge in [-0.25, -0.2) is 8.78 Å². The Morgan fingerprint density at radius 3 is 2.32 bits per heavy atom. The molecule has 5 aliphatic rings. The fourth-order valence-corrected chi connectivity index (χ4v) is 10.3. The van der Waals surface area contributed by atoms with Crippen LogP contribution in [0.5, 0.6) is 0 Å². The summed E-state index contributed by atoms with van der Waals surface area (Å²) in [5.41, 5.74) is 0. The zero-order valence-electron chi connectivity index (χ0n) is 26.2. The molecule has 9 unspecified atom stereocenters. The molecule has 0 aromatic carbocycles. The van der Waals surface area contributed by atoms with Gasteiger partial charge in [0.1, 0.15) is 12.3 Å². The maximum atomic E-state index is 15.9. The van der Waals surface area contributed by atoms with Gasteiger partial charge in [0.25, 0.3) is 0 Å². The van der Waals surface area contributed by atoms with E-state index in [0.29, 0.717) is 54.9 Å². The SMILES string of the molecule is CCCCCC(C)CC1CC1C1C(F)CC(N2CC(CCC3CCCCC3)C3CC(CC[N+](=O)[O-])CCC32)CC1F. The van der Waals surface area contributed by atoms with E-state index < -0.39 is 12.3 Å². The standard InChI is InChI=1S/C35H60F2N2O2/c1-3-4-6-9-24(2)18-28-20-31(28)35-32(36)21-29(22-33(35)37)38-23-27(14-12-25-10-7-5-8-11-25)30-19-26(13-15-34(30)38)16-17-39(40)41/h24-35H,3-23H2,1-2H3. The molecule has 4 saturated carbocycles. The molecular formula is C35H60F2N2O2. The molecule has 236 valence electrons. The fraction of sp³-hybridized carbons (Fsp3) is 1.00. The van der Waals surface area contributed by atoms with E-state index in [1.807, 2.05) is 0 Å². The van der Waals surface area contributed by atoms with Crippen molar-refractivity contribution in [2.45, 2.75) is 160 Å². The molecule has 41 heavy (non-hydrogen) atoms. The smallest absolute Gasteiger partial charge is 0.204 e. The Labute approximate surface area is 249 Å².